The zero-order valence-corrected chi connectivity index (χ0v) is 14.6. The Morgan fingerprint density at radius 1 is 1.30 bits per heavy atom. The number of aryl methyl sites for hydroxylation is 1. The molecule has 0 unspecified atom stereocenters. The number of benzene rings is 1. The molecule has 2 aromatic rings. The number of phenols is 1. The molecule has 0 aliphatic rings. The SMILES string of the molecule is CCCc1c(C(=O)OCC)c2c(CN(C)C)c(O)ccc2n1C. The van der Waals surface area contributed by atoms with Crippen LogP contribution in [-0.2, 0) is 24.8 Å². The molecule has 0 amide bonds. The van der Waals surface area contributed by atoms with Crippen molar-refractivity contribution in [2.24, 2.45) is 7.05 Å². The van der Waals surface area contributed by atoms with Crippen molar-refractivity contribution in [2.75, 3.05) is 20.7 Å². The molecule has 0 saturated heterocycles. The fourth-order valence-electron chi connectivity index (χ4n) is 3.07. The fraction of sp³-hybridized carbons (Fsp3) is 0.500. The maximum Gasteiger partial charge on any atom is 0.340 e. The van der Waals surface area contributed by atoms with Gasteiger partial charge in [-0.2, -0.15) is 0 Å². The van der Waals surface area contributed by atoms with Crippen molar-refractivity contribution < 1.29 is 14.6 Å². The summed E-state index contributed by atoms with van der Waals surface area (Å²) in [6.45, 7) is 4.79. The first-order valence-electron chi connectivity index (χ1n) is 8.06. The average molecular weight is 318 g/mol. The van der Waals surface area contributed by atoms with E-state index in [1.54, 1.807) is 13.0 Å². The number of aromatic nitrogens is 1. The second-order valence-corrected chi connectivity index (χ2v) is 6.05. The smallest absolute Gasteiger partial charge is 0.340 e. The minimum Gasteiger partial charge on any atom is -0.508 e. The molecule has 126 valence electrons. The summed E-state index contributed by atoms with van der Waals surface area (Å²) in [4.78, 5) is 14.6. The van der Waals surface area contributed by atoms with Crippen molar-refractivity contribution in [1.29, 1.82) is 0 Å². The van der Waals surface area contributed by atoms with E-state index >= 15 is 0 Å². The van der Waals surface area contributed by atoms with Crippen LogP contribution in [0.4, 0.5) is 0 Å². The Balaban J connectivity index is 2.82. The van der Waals surface area contributed by atoms with Crippen molar-refractivity contribution >= 4 is 16.9 Å². The molecule has 0 atom stereocenters. The molecule has 5 nitrogen and oxygen atoms in total. The van der Waals surface area contributed by atoms with Crippen molar-refractivity contribution in [1.82, 2.24) is 9.47 Å². The molecule has 1 aromatic carbocycles. The van der Waals surface area contributed by atoms with E-state index in [1.807, 2.05) is 36.7 Å². The van der Waals surface area contributed by atoms with Crippen LogP contribution in [0.25, 0.3) is 10.9 Å². The third-order valence-corrected chi connectivity index (χ3v) is 4.01. The molecule has 0 aliphatic carbocycles. The Hall–Kier alpha value is -2.01. The van der Waals surface area contributed by atoms with Gasteiger partial charge in [0.05, 0.1) is 12.2 Å². The van der Waals surface area contributed by atoms with Crippen LogP contribution < -0.4 is 0 Å². The van der Waals surface area contributed by atoms with E-state index < -0.39 is 0 Å². The summed E-state index contributed by atoms with van der Waals surface area (Å²) in [7, 11) is 5.85. The molecule has 5 heteroatoms. The Morgan fingerprint density at radius 3 is 2.57 bits per heavy atom. The van der Waals surface area contributed by atoms with Crippen LogP contribution in [0.3, 0.4) is 0 Å². The van der Waals surface area contributed by atoms with Gasteiger partial charge in [0.1, 0.15) is 5.75 Å². The van der Waals surface area contributed by atoms with Crippen molar-refractivity contribution in [2.45, 2.75) is 33.2 Å². The van der Waals surface area contributed by atoms with Crippen molar-refractivity contribution in [3.05, 3.63) is 29.0 Å². The van der Waals surface area contributed by atoms with Gasteiger partial charge in [-0.3, -0.25) is 0 Å². The zero-order chi connectivity index (χ0) is 17.1. The summed E-state index contributed by atoms with van der Waals surface area (Å²) in [6.07, 6.45) is 1.73. The van der Waals surface area contributed by atoms with Gasteiger partial charge in [0, 0.05) is 35.8 Å². The van der Waals surface area contributed by atoms with Gasteiger partial charge < -0.3 is 19.3 Å². The van der Waals surface area contributed by atoms with Gasteiger partial charge >= 0.3 is 5.97 Å². The summed E-state index contributed by atoms with van der Waals surface area (Å²) < 4.78 is 7.33. The first kappa shape index (κ1) is 17.3. The van der Waals surface area contributed by atoms with Crippen LogP contribution in [-0.4, -0.2) is 41.2 Å². The summed E-state index contributed by atoms with van der Waals surface area (Å²) >= 11 is 0. The molecule has 2 rings (SSSR count). The maximum absolute atomic E-state index is 12.6. The van der Waals surface area contributed by atoms with E-state index in [1.165, 1.54) is 0 Å². The predicted molar refractivity (Wildman–Crippen MR) is 91.9 cm³/mol. The lowest BCUT2D eigenvalue weighted by Gasteiger charge is -2.13. The zero-order valence-electron chi connectivity index (χ0n) is 14.6. The van der Waals surface area contributed by atoms with Gasteiger partial charge in [0.15, 0.2) is 0 Å². The van der Waals surface area contributed by atoms with Crippen LogP contribution in [0.2, 0.25) is 0 Å². The number of esters is 1. The number of aromatic hydroxyl groups is 1. The molecule has 23 heavy (non-hydrogen) atoms. The molecule has 0 bridgehead atoms. The lowest BCUT2D eigenvalue weighted by atomic mass is 10.0. The average Bonchev–Trinajstić information content (AvgIpc) is 2.76. The van der Waals surface area contributed by atoms with Crippen LogP contribution >= 0.6 is 0 Å². The molecule has 1 aromatic heterocycles. The van der Waals surface area contributed by atoms with E-state index in [0.29, 0.717) is 18.7 Å². The third kappa shape index (κ3) is 3.20. The summed E-state index contributed by atoms with van der Waals surface area (Å²) in [5, 5.41) is 11.1. The van der Waals surface area contributed by atoms with E-state index in [2.05, 4.69) is 6.92 Å². The highest BCUT2D eigenvalue weighted by atomic mass is 16.5. The van der Waals surface area contributed by atoms with E-state index in [9.17, 15) is 9.90 Å². The number of hydrogen-bond acceptors (Lipinski definition) is 4. The second kappa shape index (κ2) is 7.04. The number of rotatable bonds is 6. The quantitative estimate of drug-likeness (QED) is 0.832. The van der Waals surface area contributed by atoms with Gasteiger partial charge in [0.2, 0.25) is 0 Å². The van der Waals surface area contributed by atoms with Gasteiger partial charge in [-0.15, -0.1) is 0 Å². The van der Waals surface area contributed by atoms with Gasteiger partial charge in [0.25, 0.3) is 0 Å². The molecule has 1 N–H and O–H groups in total. The Bertz CT molecular complexity index is 717. The Morgan fingerprint density at radius 2 is 2.00 bits per heavy atom. The first-order chi connectivity index (χ1) is 10.9. The van der Waals surface area contributed by atoms with E-state index in [4.69, 9.17) is 4.74 Å². The first-order valence-corrected chi connectivity index (χ1v) is 8.06. The lowest BCUT2D eigenvalue weighted by Crippen LogP contribution is -2.13. The highest BCUT2D eigenvalue weighted by Crippen LogP contribution is 2.35. The topological polar surface area (TPSA) is 54.7 Å². The Kier molecular flexibility index (Phi) is 5.31. The second-order valence-electron chi connectivity index (χ2n) is 6.05. The van der Waals surface area contributed by atoms with Crippen LogP contribution in [0.1, 0.15) is 41.9 Å². The Labute approximate surface area is 137 Å². The molecule has 0 spiro atoms. The van der Waals surface area contributed by atoms with Crippen LogP contribution in [0, 0.1) is 0 Å². The summed E-state index contributed by atoms with van der Waals surface area (Å²) in [5.74, 6) is -0.0995. The lowest BCUT2D eigenvalue weighted by molar-refractivity contribution is 0.0527. The van der Waals surface area contributed by atoms with Crippen LogP contribution in [0.5, 0.6) is 5.75 Å². The summed E-state index contributed by atoms with van der Waals surface area (Å²) in [6, 6.07) is 3.57. The van der Waals surface area contributed by atoms with Crippen molar-refractivity contribution in [3.8, 4) is 5.75 Å². The highest BCUT2D eigenvalue weighted by molar-refractivity contribution is 6.08. The molecule has 0 radical (unpaired) electrons. The predicted octanol–water partition coefficient (Wildman–Crippen LogP) is 3.07. The number of fused-ring (bicyclic) bond motifs is 1. The minimum atomic E-state index is -0.313. The number of ether oxygens (including phenoxy) is 1. The van der Waals surface area contributed by atoms with E-state index in [-0.39, 0.29) is 11.7 Å². The minimum absolute atomic E-state index is 0.213. The normalized spacial score (nSPS) is 11.4. The highest BCUT2D eigenvalue weighted by Gasteiger charge is 2.25. The number of carbonyl (C=O) groups is 1. The third-order valence-electron chi connectivity index (χ3n) is 4.01. The molecular formula is C18H26N2O3. The molecular weight excluding hydrogens is 292 g/mol. The van der Waals surface area contributed by atoms with Gasteiger partial charge in [-0.05, 0) is 39.6 Å². The van der Waals surface area contributed by atoms with E-state index in [0.717, 1.165) is 35.0 Å². The van der Waals surface area contributed by atoms with Gasteiger partial charge in [-0.25, -0.2) is 4.79 Å². The van der Waals surface area contributed by atoms with Gasteiger partial charge in [-0.1, -0.05) is 13.3 Å². The fourth-order valence-corrected chi connectivity index (χ4v) is 3.07. The number of phenolic OH excluding ortho intramolecular Hbond substituents is 1. The number of hydrogen-bond donors (Lipinski definition) is 1. The number of nitrogens with zero attached hydrogens (tertiary/aromatic N) is 2. The molecule has 0 aliphatic heterocycles. The largest absolute Gasteiger partial charge is 0.508 e. The van der Waals surface area contributed by atoms with Crippen LogP contribution in [0.15, 0.2) is 12.1 Å². The molecule has 1 heterocycles. The monoisotopic (exact) mass is 318 g/mol. The molecule has 0 saturated carbocycles. The molecule has 0 fully saturated rings. The standard InChI is InChI=1S/C18H26N2O3/c1-6-8-13-17(18(22)23-7-2)16-12(11-19(3)4)15(21)10-9-14(16)20(13)5/h9-10,21H,6-8,11H2,1-5H3. The number of carbonyl (C=O) groups excluding carboxylic acids is 1. The van der Waals surface area contributed by atoms with Crippen molar-refractivity contribution in [3.63, 3.8) is 0 Å². The summed E-state index contributed by atoms with van der Waals surface area (Å²) in [5.41, 5.74) is 3.28. The maximum atomic E-state index is 12.6.